The Kier molecular flexibility index (Phi) is 16.0. The van der Waals surface area contributed by atoms with Crippen molar-refractivity contribution in [1.82, 2.24) is 0 Å². The minimum atomic E-state index is 0.480. The molecule has 0 aliphatic heterocycles. The normalized spacial score (nSPS) is 12.0. The van der Waals surface area contributed by atoms with Crippen molar-refractivity contribution >= 4 is 79.6 Å². The smallest absolute Gasteiger partial charge is 0.134 e. The van der Waals surface area contributed by atoms with Crippen LogP contribution in [0, 0.1) is 0 Å². The highest BCUT2D eigenvalue weighted by Crippen LogP contribution is 2.37. The number of halogens is 5. The van der Waals surface area contributed by atoms with E-state index in [1.807, 2.05) is 18.2 Å². The Bertz CT molecular complexity index is 815. The maximum atomic E-state index is 6.07. The van der Waals surface area contributed by atoms with Gasteiger partial charge in [0.1, 0.15) is 24.7 Å². The van der Waals surface area contributed by atoms with Crippen LogP contribution in [0.25, 0.3) is 0 Å². The molecule has 0 aliphatic carbocycles. The Labute approximate surface area is 241 Å². The van der Waals surface area contributed by atoms with E-state index in [0.29, 0.717) is 18.0 Å². The molecule has 0 N–H and O–H groups in total. The van der Waals surface area contributed by atoms with E-state index >= 15 is 0 Å². The second-order valence-electron chi connectivity index (χ2n) is 8.09. The van der Waals surface area contributed by atoms with Crippen molar-refractivity contribution in [2.45, 2.75) is 69.0 Å². The Morgan fingerprint density at radius 1 is 0.667 bits per heavy atom. The van der Waals surface area contributed by atoms with Crippen molar-refractivity contribution in [1.29, 1.82) is 0 Å². The van der Waals surface area contributed by atoms with Crippen molar-refractivity contribution in [2.24, 2.45) is 0 Å². The molecule has 1 atom stereocenters. The first kappa shape index (κ1) is 29.7. The quantitative estimate of drug-likeness (QED) is 0.0905. The maximum Gasteiger partial charge on any atom is 0.134 e. The lowest BCUT2D eigenvalue weighted by molar-refractivity contribution is 0.215. The van der Waals surface area contributed by atoms with Crippen molar-refractivity contribution in [3.8, 4) is 11.5 Å². The molecule has 0 spiro atoms. The fourth-order valence-corrected chi connectivity index (χ4v) is 6.05. The maximum absolute atomic E-state index is 6.07. The number of unbranched alkanes of at least 4 members (excludes halogenated alkanes) is 7. The summed E-state index contributed by atoms with van der Waals surface area (Å²) in [6.07, 6.45) is 13.0. The van der Waals surface area contributed by atoms with Gasteiger partial charge in [0.15, 0.2) is 0 Å². The van der Waals surface area contributed by atoms with Crippen LogP contribution in [0.3, 0.4) is 0 Å². The molecular weight excluding hydrogens is 744 g/mol. The molecule has 2 aromatic rings. The molecule has 0 aliphatic rings. The summed E-state index contributed by atoms with van der Waals surface area (Å²) in [5.74, 6) is 1.74. The van der Waals surface area contributed by atoms with Crippen LogP contribution in [0.5, 0.6) is 11.5 Å². The van der Waals surface area contributed by atoms with Crippen molar-refractivity contribution < 1.29 is 9.47 Å². The van der Waals surface area contributed by atoms with Gasteiger partial charge in [0.25, 0.3) is 0 Å². The summed E-state index contributed by atoms with van der Waals surface area (Å²) in [7, 11) is 0. The van der Waals surface area contributed by atoms with E-state index in [4.69, 9.17) is 9.47 Å². The summed E-state index contributed by atoms with van der Waals surface area (Å²) >= 11 is 18.0. The average molecular weight is 777 g/mol. The number of hydrogen-bond donors (Lipinski definition) is 0. The summed E-state index contributed by atoms with van der Waals surface area (Å²) in [5, 5.41) is 1.14. The Balaban J connectivity index is 1.67. The van der Waals surface area contributed by atoms with E-state index in [0.717, 1.165) is 36.7 Å². The largest absolute Gasteiger partial charge is 0.490 e. The van der Waals surface area contributed by atoms with Crippen LogP contribution >= 0.6 is 79.6 Å². The van der Waals surface area contributed by atoms with Gasteiger partial charge >= 0.3 is 0 Å². The van der Waals surface area contributed by atoms with Gasteiger partial charge < -0.3 is 9.47 Å². The monoisotopic (exact) mass is 772 g/mol. The number of benzene rings is 2. The first-order valence-electron chi connectivity index (χ1n) is 11.7. The second-order valence-corrected chi connectivity index (χ2v) is 12.6. The minimum Gasteiger partial charge on any atom is -0.490 e. The average Bonchev–Trinajstić information content (AvgIpc) is 2.81. The van der Waals surface area contributed by atoms with Crippen LogP contribution in [0.15, 0.2) is 49.8 Å². The van der Waals surface area contributed by atoms with Gasteiger partial charge in [-0.1, -0.05) is 95.0 Å². The topological polar surface area (TPSA) is 18.5 Å². The van der Waals surface area contributed by atoms with Crippen molar-refractivity contribution in [2.75, 3.05) is 18.5 Å². The van der Waals surface area contributed by atoms with E-state index in [1.54, 1.807) is 0 Å². The van der Waals surface area contributed by atoms with Gasteiger partial charge in [0.05, 0.1) is 4.47 Å². The molecule has 184 valence electrons. The van der Waals surface area contributed by atoms with Crippen LogP contribution in [0.2, 0.25) is 0 Å². The lowest BCUT2D eigenvalue weighted by Crippen LogP contribution is -2.11. The molecular formula is C26H33Br5O2. The first-order chi connectivity index (χ1) is 16.0. The molecule has 1 unspecified atom stereocenters. The predicted octanol–water partition coefficient (Wildman–Crippen LogP) is 10.6. The highest BCUT2D eigenvalue weighted by atomic mass is 79.9. The molecule has 0 fully saturated rings. The second kappa shape index (κ2) is 17.8. The minimum absolute atomic E-state index is 0.480. The molecule has 2 nitrogen and oxygen atoms in total. The van der Waals surface area contributed by atoms with Crippen LogP contribution < -0.4 is 9.47 Å². The van der Waals surface area contributed by atoms with Gasteiger partial charge in [-0.25, -0.2) is 0 Å². The van der Waals surface area contributed by atoms with E-state index in [2.05, 4.69) is 97.8 Å². The van der Waals surface area contributed by atoms with Gasteiger partial charge in [-0.3, -0.25) is 0 Å². The van der Waals surface area contributed by atoms with Gasteiger partial charge in [-0.05, 0) is 90.8 Å². The molecule has 0 amide bonds. The SMILES string of the molecule is BrCCCCCCCCCCC(Br)Cc1ccccc1OCCOc1ccc(Br)c(Br)c1Br. The fourth-order valence-electron chi connectivity index (χ4n) is 3.60. The third-order valence-corrected chi connectivity index (χ3v) is 10.1. The summed E-state index contributed by atoms with van der Waals surface area (Å²) in [5.41, 5.74) is 1.25. The number of ether oxygens (including phenoxy) is 2. The lowest BCUT2D eigenvalue weighted by atomic mass is 10.0. The van der Waals surface area contributed by atoms with Crippen LogP contribution in [-0.2, 0) is 6.42 Å². The molecule has 33 heavy (non-hydrogen) atoms. The van der Waals surface area contributed by atoms with Crippen LogP contribution in [-0.4, -0.2) is 23.4 Å². The van der Waals surface area contributed by atoms with Gasteiger partial charge in [0.2, 0.25) is 0 Å². The zero-order valence-corrected chi connectivity index (χ0v) is 26.9. The molecule has 2 rings (SSSR count). The first-order valence-corrected chi connectivity index (χ1v) is 16.1. The summed E-state index contributed by atoms with van der Waals surface area (Å²) in [4.78, 5) is 0.480. The van der Waals surface area contributed by atoms with Gasteiger partial charge in [-0.2, -0.15) is 0 Å². The number of rotatable bonds is 17. The highest BCUT2D eigenvalue weighted by molar-refractivity contribution is 9.14. The fraction of sp³-hybridized carbons (Fsp3) is 0.538. The van der Waals surface area contributed by atoms with E-state index in [-0.39, 0.29) is 0 Å². The molecule has 0 radical (unpaired) electrons. The molecule has 0 aromatic heterocycles. The molecule has 0 saturated heterocycles. The molecule has 0 bridgehead atoms. The van der Waals surface area contributed by atoms with Crippen molar-refractivity contribution in [3.63, 3.8) is 0 Å². The van der Waals surface area contributed by atoms with Gasteiger partial charge in [-0.15, -0.1) is 0 Å². The van der Waals surface area contributed by atoms with Crippen LogP contribution in [0.1, 0.15) is 63.4 Å². The molecule has 0 heterocycles. The molecule has 2 aromatic carbocycles. The Hall–Kier alpha value is 0.440. The van der Waals surface area contributed by atoms with Crippen molar-refractivity contribution in [3.05, 3.63) is 55.4 Å². The Morgan fingerprint density at radius 3 is 1.97 bits per heavy atom. The standard InChI is InChI=1S/C26H33Br5O2/c27-16-10-6-4-2-1-3-5-7-12-21(28)19-20-11-8-9-13-23(20)32-17-18-33-24-15-14-22(29)25(30)26(24)31/h8-9,11,13-15,21H,1-7,10,12,16-19H2. The predicted molar refractivity (Wildman–Crippen MR) is 159 cm³/mol. The number of hydrogen-bond acceptors (Lipinski definition) is 2. The summed E-state index contributed by atoms with van der Waals surface area (Å²) in [6, 6.07) is 12.2. The zero-order valence-electron chi connectivity index (χ0n) is 18.9. The highest BCUT2D eigenvalue weighted by Gasteiger charge is 2.11. The molecule has 7 heteroatoms. The Morgan fingerprint density at radius 2 is 1.27 bits per heavy atom. The van der Waals surface area contributed by atoms with E-state index in [9.17, 15) is 0 Å². The third-order valence-electron chi connectivity index (χ3n) is 5.41. The van der Waals surface area contributed by atoms with E-state index < -0.39 is 0 Å². The third kappa shape index (κ3) is 11.8. The van der Waals surface area contributed by atoms with E-state index in [1.165, 1.54) is 63.4 Å². The zero-order chi connectivity index (χ0) is 23.9. The number of para-hydroxylation sites is 1. The summed E-state index contributed by atoms with van der Waals surface area (Å²) < 4.78 is 14.8. The summed E-state index contributed by atoms with van der Waals surface area (Å²) in [6.45, 7) is 0.981. The van der Waals surface area contributed by atoms with Gasteiger partial charge in [0, 0.05) is 19.1 Å². The van der Waals surface area contributed by atoms with Crippen LogP contribution in [0.4, 0.5) is 0 Å². The lowest BCUT2D eigenvalue weighted by Gasteiger charge is -2.15. The number of alkyl halides is 2. The molecule has 0 saturated carbocycles.